The van der Waals surface area contributed by atoms with E-state index in [1.807, 2.05) is 13.8 Å². The molecule has 0 spiro atoms. The zero-order valence-corrected chi connectivity index (χ0v) is 10.1. The molecule has 0 saturated carbocycles. The van der Waals surface area contributed by atoms with Crippen molar-refractivity contribution in [2.45, 2.75) is 39.7 Å². The average Bonchev–Trinajstić information content (AvgIpc) is 2.66. The summed E-state index contributed by atoms with van der Waals surface area (Å²) in [6.07, 6.45) is 2.78. The monoisotopic (exact) mass is 213 g/mol. The molecule has 15 heavy (non-hydrogen) atoms. The Bertz CT molecular complexity index is 218. The van der Waals surface area contributed by atoms with Crippen molar-refractivity contribution in [1.82, 2.24) is 4.90 Å². The van der Waals surface area contributed by atoms with Crippen LogP contribution in [0, 0.1) is 11.3 Å². The summed E-state index contributed by atoms with van der Waals surface area (Å²) in [7, 11) is 0. The summed E-state index contributed by atoms with van der Waals surface area (Å²) in [6.45, 7) is 8.69. The highest BCUT2D eigenvalue weighted by atomic mass is 16.3. The first-order valence-electron chi connectivity index (χ1n) is 5.87. The molecule has 88 valence electrons. The highest BCUT2D eigenvalue weighted by Crippen LogP contribution is 2.25. The molecule has 0 aromatic rings. The van der Waals surface area contributed by atoms with Gasteiger partial charge in [-0.1, -0.05) is 13.8 Å². The first-order valence-corrected chi connectivity index (χ1v) is 5.87. The Morgan fingerprint density at radius 2 is 2.33 bits per heavy atom. The quantitative estimate of drug-likeness (QED) is 0.700. The average molecular weight is 213 g/mol. The van der Waals surface area contributed by atoms with E-state index in [-0.39, 0.29) is 11.5 Å². The Morgan fingerprint density at radius 1 is 1.67 bits per heavy atom. The van der Waals surface area contributed by atoms with E-state index in [9.17, 15) is 9.90 Å². The first-order chi connectivity index (χ1) is 7.00. The van der Waals surface area contributed by atoms with Crippen molar-refractivity contribution in [2.75, 3.05) is 19.6 Å². The fourth-order valence-electron chi connectivity index (χ4n) is 2.14. The third-order valence-electron chi connectivity index (χ3n) is 3.67. The topological polar surface area (TPSA) is 40.5 Å². The normalized spacial score (nSPS) is 28.7. The Labute approximate surface area is 92.5 Å². The Hall–Kier alpha value is -0.410. The molecule has 0 aromatic carbocycles. The maximum absolute atomic E-state index is 11.0. The maximum Gasteiger partial charge on any atom is 0.127 e. The van der Waals surface area contributed by atoms with Gasteiger partial charge in [0.25, 0.3) is 0 Å². The van der Waals surface area contributed by atoms with Crippen LogP contribution in [0.5, 0.6) is 0 Å². The lowest BCUT2D eigenvalue weighted by molar-refractivity contribution is -0.116. The Kier molecular flexibility index (Phi) is 4.29. The van der Waals surface area contributed by atoms with Crippen LogP contribution in [0.25, 0.3) is 0 Å². The van der Waals surface area contributed by atoms with Crippen LogP contribution in [0.4, 0.5) is 0 Å². The van der Waals surface area contributed by atoms with E-state index in [4.69, 9.17) is 0 Å². The van der Waals surface area contributed by atoms with Crippen LogP contribution in [0.15, 0.2) is 0 Å². The second-order valence-corrected chi connectivity index (χ2v) is 5.15. The van der Waals surface area contributed by atoms with Crippen LogP contribution in [-0.4, -0.2) is 42.0 Å². The number of hydrogen-bond acceptors (Lipinski definition) is 3. The SMILES string of the molecule is CCC(C)(C=O)CN1CCC(C(C)O)C1. The summed E-state index contributed by atoms with van der Waals surface area (Å²) in [5, 5.41) is 9.49. The van der Waals surface area contributed by atoms with Gasteiger partial charge in [0.05, 0.1) is 6.10 Å². The van der Waals surface area contributed by atoms with Crippen molar-refractivity contribution < 1.29 is 9.90 Å². The van der Waals surface area contributed by atoms with E-state index in [0.29, 0.717) is 5.92 Å². The predicted molar refractivity (Wildman–Crippen MR) is 60.7 cm³/mol. The molecule has 3 atom stereocenters. The van der Waals surface area contributed by atoms with Crippen molar-refractivity contribution in [3.8, 4) is 0 Å². The minimum absolute atomic E-state index is 0.215. The molecule has 0 amide bonds. The maximum atomic E-state index is 11.0. The van der Waals surface area contributed by atoms with Crippen LogP contribution in [0.3, 0.4) is 0 Å². The third-order valence-corrected chi connectivity index (χ3v) is 3.67. The van der Waals surface area contributed by atoms with Crippen molar-refractivity contribution in [3.05, 3.63) is 0 Å². The summed E-state index contributed by atoms with van der Waals surface area (Å²) in [5.41, 5.74) is -0.215. The molecule has 1 fully saturated rings. The van der Waals surface area contributed by atoms with Gasteiger partial charge < -0.3 is 14.8 Å². The zero-order valence-electron chi connectivity index (χ0n) is 10.1. The highest BCUT2D eigenvalue weighted by Gasteiger charge is 2.31. The van der Waals surface area contributed by atoms with Crippen molar-refractivity contribution in [1.29, 1.82) is 0 Å². The molecule has 3 nitrogen and oxygen atoms in total. The van der Waals surface area contributed by atoms with Crippen molar-refractivity contribution >= 4 is 6.29 Å². The van der Waals surface area contributed by atoms with Gasteiger partial charge >= 0.3 is 0 Å². The lowest BCUT2D eigenvalue weighted by Crippen LogP contribution is -2.36. The molecule has 1 aliphatic rings. The van der Waals surface area contributed by atoms with Gasteiger partial charge in [0.2, 0.25) is 0 Å². The molecular weight excluding hydrogens is 190 g/mol. The van der Waals surface area contributed by atoms with E-state index in [2.05, 4.69) is 11.8 Å². The molecule has 1 rings (SSSR count). The van der Waals surface area contributed by atoms with Gasteiger partial charge in [0.15, 0.2) is 0 Å². The van der Waals surface area contributed by atoms with Crippen LogP contribution < -0.4 is 0 Å². The minimum atomic E-state index is -0.223. The van der Waals surface area contributed by atoms with E-state index in [1.54, 1.807) is 0 Å². The smallest absolute Gasteiger partial charge is 0.127 e. The number of aliphatic hydroxyl groups excluding tert-OH is 1. The zero-order chi connectivity index (χ0) is 11.5. The second-order valence-electron chi connectivity index (χ2n) is 5.15. The Balaban J connectivity index is 2.45. The predicted octanol–water partition coefficient (Wildman–Crippen LogP) is 1.30. The van der Waals surface area contributed by atoms with Gasteiger partial charge in [-0.25, -0.2) is 0 Å². The van der Waals surface area contributed by atoms with E-state index in [1.165, 1.54) is 0 Å². The van der Waals surface area contributed by atoms with Gasteiger partial charge in [-0.3, -0.25) is 0 Å². The van der Waals surface area contributed by atoms with E-state index < -0.39 is 0 Å². The first kappa shape index (κ1) is 12.7. The minimum Gasteiger partial charge on any atom is -0.393 e. The molecule has 0 aliphatic carbocycles. The molecule has 0 radical (unpaired) electrons. The Morgan fingerprint density at radius 3 is 2.73 bits per heavy atom. The van der Waals surface area contributed by atoms with Crippen LogP contribution >= 0.6 is 0 Å². The molecule has 1 saturated heterocycles. The molecule has 0 bridgehead atoms. The number of likely N-dealkylation sites (tertiary alicyclic amines) is 1. The second kappa shape index (κ2) is 5.08. The van der Waals surface area contributed by atoms with Gasteiger partial charge in [-0.15, -0.1) is 0 Å². The fourth-order valence-corrected chi connectivity index (χ4v) is 2.14. The van der Waals surface area contributed by atoms with Crippen molar-refractivity contribution in [2.24, 2.45) is 11.3 Å². The standard InChI is InChI=1S/C12H23NO2/c1-4-12(3,9-14)8-13-6-5-11(7-13)10(2)15/h9-11,15H,4-8H2,1-3H3. The van der Waals surface area contributed by atoms with E-state index >= 15 is 0 Å². The summed E-state index contributed by atoms with van der Waals surface area (Å²) >= 11 is 0. The van der Waals surface area contributed by atoms with Gasteiger partial charge in [-0.05, 0) is 32.2 Å². The van der Waals surface area contributed by atoms with Gasteiger partial charge in [0.1, 0.15) is 6.29 Å². The van der Waals surface area contributed by atoms with Gasteiger partial charge in [-0.2, -0.15) is 0 Å². The summed E-state index contributed by atoms with van der Waals surface area (Å²) in [5.74, 6) is 0.387. The number of carbonyl (C=O) groups is 1. The highest BCUT2D eigenvalue weighted by molar-refractivity contribution is 5.58. The molecule has 3 unspecified atom stereocenters. The molecule has 3 heteroatoms. The number of rotatable bonds is 5. The number of nitrogens with zero attached hydrogens (tertiary/aromatic N) is 1. The largest absolute Gasteiger partial charge is 0.393 e. The third kappa shape index (κ3) is 3.28. The molecule has 1 heterocycles. The van der Waals surface area contributed by atoms with Crippen LogP contribution in [-0.2, 0) is 4.79 Å². The fraction of sp³-hybridized carbons (Fsp3) is 0.917. The number of hydrogen-bond donors (Lipinski definition) is 1. The van der Waals surface area contributed by atoms with Gasteiger partial charge in [0, 0.05) is 18.5 Å². The summed E-state index contributed by atoms with van der Waals surface area (Å²) in [4.78, 5) is 13.3. The van der Waals surface area contributed by atoms with Crippen molar-refractivity contribution in [3.63, 3.8) is 0 Å². The number of aldehydes is 1. The number of carbonyl (C=O) groups excluding carboxylic acids is 1. The lowest BCUT2D eigenvalue weighted by atomic mass is 9.89. The summed E-state index contributed by atoms with van der Waals surface area (Å²) in [6, 6.07) is 0. The van der Waals surface area contributed by atoms with Crippen LogP contribution in [0.1, 0.15) is 33.6 Å². The molecule has 1 N–H and O–H groups in total. The molecule has 0 aromatic heterocycles. The van der Waals surface area contributed by atoms with E-state index in [0.717, 1.165) is 38.8 Å². The summed E-state index contributed by atoms with van der Waals surface area (Å²) < 4.78 is 0. The number of aliphatic hydroxyl groups is 1. The van der Waals surface area contributed by atoms with Crippen LogP contribution in [0.2, 0.25) is 0 Å². The molecular formula is C12H23NO2. The lowest BCUT2D eigenvalue weighted by Gasteiger charge is -2.27. The molecule has 1 aliphatic heterocycles.